The molecule has 2 heterocycles. The predicted molar refractivity (Wildman–Crippen MR) is 101 cm³/mol. The van der Waals surface area contributed by atoms with E-state index in [0.29, 0.717) is 22.2 Å². The van der Waals surface area contributed by atoms with Crippen molar-refractivity contribution < 1.29 is 14.4 Å². The molecule has 2 amide bonds. The molecule has 1 aromatic heterocycles. The van der Waals surface area contributed by atoms with Crippen molar-refractivity contribution in [2.45, 2.75) is 12.5 Å². The topological polar surface area (TPSA) is 79.8 Å². The zero-order chi connectivity index (χ0) is 17.8. The molecule has 1 aromatic carbocycles. The lowest BCUT2D eigenvalue weighted by atomic mass is 10.1. The van der Waals surface area contributed by atoms with Crippen molar-refractivity contribution in [3.63, 3.8) is 0 Å². The summed E-state index contributed by atoms with van der Waals surface area (Å²) in [5, 5.41) is 9.17. The first kappa shape index (κ1) is 17.9. The number of hydrogen-bond acceptors (Lipinski definition) is 5. The van der Waals surface area contributed by atoms with Gasteiger partial charge in [-0.05, 0) is 36.4 Å². The summed E-state index contributed by atoms with van der Waals surface area (Å²) in [6, 6.07) is 10.8. The Hall–Kier alpha value is -1.90. The van der Waals surface area contributed by atoms with Gasteiger partial charge in [0.05, 0.1) is 15.8 Å². The zero-order valence-electron chi connectivity index (χ0n) is 12.8. The van der Waals surface area contributed by atoms with Crippen LogP contribution in [0.2, 0.25) is 4.34 Å². The Morgan fingerprint density at radius 2 is 2.04 bits per heavy atom. The summed E-state index contributed by atoms with van der Waals surface area (Å²) in [4.78, 5) is 30.0. The van der Waals surface area contributed by atoms with Crippen LogP contribution in [0.25, 0.3) is 0 Å². The molecule has 0 saturated heterocycles. The summed E-state index contributed by atoms with van der Waals surface area (Å²) in [5.41, 5.74) is 1.33. The highest BCUT2D eigenvalue weighted by atomic mass is 79.9. The van der Waals surface area contributed by atoms with Gasteiger partial charge in [0.15, 0.2) is 0 Å². The first-order chi connectivity index (χ1) is 12.0. The summed E-state index contributed by atoms with van der Waals surface area (Å²) >= 11 is 10.6. The minimum Gasteiger partial charge on any atom is -0.382 e. The van der Waals surface area contributed by atoms with Crippen molar-refractivity contribution in [2.24, 2.45) is 5.16 Å². The highest BCUT2D eigenvalue weighted by molar-refractivity contribution is 9.10. The lowest BCUT2D eigenvalue weighted by molar-refractivity contribution is -0.132. The third-order valence-corrected chi connectivity index (χ3v) is 5.18. The third-order valence-electron chi connectivity index (χ3n) is 3.37. The Bertz CT molecular complexity index is 822. The Morgan fingerprint density at radius 1 is 1.28 bits per heavy atom. The van der Waals surface area contributed by atoms with Crippen molar-refractivity contribution in [2.75, 3.05) is 11.9 Å². The molecule has 9 heteroatoms. The van der Waals surface area contributed by atoms with Crippen molar-refractivity contribution in [3.8, 4) is 0 Å². The second-order valence-corrected chi connectivity index (χ2v) is 7.84. The summed E-state index contributed by atoms with van der Waals surface area (Å²) in [6.07, 6.45) is -0.395. The highest BCUT2D eigenvalue weighted by Gasteiger charge is 2.29. The van der Waals surface area contributed by atoms with Gasteiger partial charge in [-0.3, -0.25) is 9.59 Å². The van der Waals surface area contributed by atoms with Crippen molar-refractivity contribution in [1.29, 1.82) is 0 Å². The second kappa shape index (κ2) is 7.99. The number of rotatable bonds is 5. The number of anilines is 1. The first-order valence-corrected chi connectivity index (χ1v) is 9.31. The minimum atomic E-state index is -0.739. The molecule has 2 aromatic rings. The maximum atomic E-state index is 12.1. The fourth-order valence-electron chi connectivity index (χ4n) is 2.15. The molecular weight excluding hydrogens is 430 g/mol. The van der Waals surface area contributed by atoms with Gasteiger partial charge in [0.25, 0.3) is 5.91 Å². The van der Waals surface area contributed by atoms with Gasteiger partial charge in [-0.15, -0.1) is 11.3 Å². The van der Waals surface area contributed by atoms with Gasteiger partial charge in [-0.2, -0.15) is 0 Å². The van der Waals surface area contributed by atoms with E-state index in [1.165, 1.54) is 11.3 Å². The number of nitrogens with one attached hydrogen (secondary N) is 2. The highest BCUT2D eigenvalue weighted by Crippen LogP contribution is 2.26. The molecule has 25 heavy (non-hydrogen) atoms. The van der Waals surface area contributed by atoms with Crippen LogP contribution in [0.15, 0.2) is 46.0 Å². The quantitative estimate of drug-likeness (QED) is 0.745. The van der Waals surface area contributed by atoms with Gasteiger partial charge in [0.2, 0.25) is 12.0 Å². The van der Waals surface area contributed by atoms with E-state index in [1.807, 2.05) is 18.2 Å². The average molecular weight is 443 g/mol. The van der Waals surface area contributed by atoms with Crippen LogP contribution in [0.5, 0.6) is 0 Å². The molecule has 0 radical (unpaired) electrons. The lowest BCUT2D eigenvalue weighted by Crippen LogP contribution is -2.39. The van der Waals surface area contributed by atoms with Gasteiger partial charge in [-0.25, -0.2) is 0 Å². The van der Waals surface area contributed by atoms with Gasteiger partial charge in [0.1, 0.15) is 5.71 Å². The van der Waals surface area contributed by atoms with Crippen LogP contribution in [-0.2, 0) is 14.4 Å². The molecule has 6 nitrogen and oxygen atoms in total. The SMILES string of the molecule is O=C(CNC(=O)C1CC(c2ccc(Cl)s2)=NO1)Nc1ccc(Br)cc1. The summed E-state index contributed by atoms with van der Waals surface area (Å²) < 4.78 is 1.57. The molecule has 1 aliphatic rings. The van der Waals surface area contributed by atoms with Gasteiger partial charge in [-0.1, -0.05) is 32.7 Å². The standard InChI is InChI=1S/C16H13BrClN3O3S/c17-9-1-3-10(4-2-9)20-15(22)8-19-16(23)12-7-11(21-24-12)13-5-6-14(18)25-13/h1-6,12H,7-8H2,(H,19,23)(H,20,22). The maximum Gasteiger partial charge on any atom is 0.264 e. The predicted octanol–water partition coefficient (Wildman–Crippen LogP) is 3.41. The fourth-order valence-corrected chi connectivity index (χ4v) is 3.45. The number of nitrogens with zero attached hydrogens (tertiary/aromatic N) is 1. The molecule has 0 bridgehead atoms. The van der Waals surface area contributed by atoms with Crippen molar-refractivity contribution in [3.05, 3.63) is 50.1 Å². The summed E-state index contributed by atoms with van der Waals surface area (Å²) in [7, 11) is 0. The molecular formula is C16H13BrClN3O3S. The first-order valence-electron chi connectivity index (χ1n) is 7.33. The second-order valence-electron chi connectivity index (χ2n) is 5.21. The van der Waals surface area contributed by atoms with Crippen LogP contribution >= 0.6 is 38.9 Å². The Balaban J connectivity index is 1.45. The molecule has 0 fully saturated rings. The third kappa shape index (κ3) is 4.81. The van der Waals surface area contributed by atoms with Gasteiger partial charge in [0, 0.05) is 16.6 Å². The molecule has 1 unspecified atom stereocenters. The van der Waals surface area contributed by atoms with E-state index >= 15 is 0 Å². The Kier molecular flexibility index (Phi) is 5.72. The molecule has 0 saturated carbocycles. The van der Waals surface area contributed by atoms with Crippen LogP contribution in [0.1, 0.15) is 11.3 Å². The molecule has 0 spiro atoms. The van der Waals surface area contributed by atoms with Crippen LogP contribution in [0.3, 0.4) is 0 Å². The van der Waals surface area contributed by atoms with E-state index < -0.39 is 6.10 Å². The fraction of sp³-hybridized carbons (Fsp3) is 0.188. The van der Waals surface area contributed by atoms with Crippen molar-refractivity contribution >= 4 is 62.1 Å². The van der Waals surface area contributed by atoms with E-state index in [2.05, 4.69) is 31.7 Å². The largest absolute Gasteiger partial charge is 0.382 e. The van der Waals surface area contributed by atoms with E-state index in [4.69, 9.17) is 16.4 Å². The molecule has 2 N–H and O–H groups in total. The Labute approximate surface area is 161 Å². The van der Waals surface area contributed by atoms with Crippen LogP contribution in [-0.4, -0.2) is 30.2 Å². The number of halogens is 2. The number of amides is 2. The zero-order valence-corrected chi connectivity index (χ0v) is 16.0. The lowest BCUT2D eigenvalue weighted by Gasteiger charge is -2.10. The molecule has 1 atom stereocenters. The van der Waals surface area contributed by atoms with E-state index in [1.54, 1.807) is 18.2 Å². The Morgan fingerprint density at radius 3 is 2.72 bits per heavy atom. The monoisotopic (exact) mass is 441 g/mol. The maximum absolute atomic E-state index is 12.1. The number of oxime groups is 1. The number of carbonyl (C=O) groups is 2. The van der Waals surface area contributed by atoms with Gasteiger partial charge >= 0.3 is 0 Å². The van der Waals surface area contributed by atoms with E-state index in [-0.39, 0.29) is 18.4 Å². The number of thiophene rings is 1. The molecule has 1 aliphatic heterocycles. The van der Waals surface area contributed by atoms with Crippen LogP contribution < -0.4 is 10.6 Å². The van der Waals surface area contributed by atoms with E-state index in [0.717, 1.165) is 9.35 Å². The van der Waals surface area contributed by atoms with E-state index in [9.17, 15) is 9.59 Å². The molecule has 3 rings (SSSR count). The smallest absolute Gasteiger partial charge is 0.264 e. The van der Waals surface area contributed by atoms with Crippen LogP contribution in [0, 0.1) is 0 Å². The number of carbonyl (C=O) groups excluding carboxylic acids is 2. The summed E-state index contributed by atoms with van der Waals surface area (Å²) in [6.45, 7) is -0.144. The number of benzene rings is 1. The number of hydrogen-bond donors (Lipinski definition) is 2. The molecule has 130 valence electrons. The molecule has 0 aliphatic carbocycles. The van der Waals surface area contributed by atoms with Gasteiger partial charge < -0.3 is 15.5 Å². The van der Waals surface area contributed by atoms with Crippen molar-refractivity contribution in [1.82, 2.24) is 5.32 Å². The minimum absolute atomic E-state index is 0.144. The summed E-state index contributed by atoms with van der Waals surface area (Å²) in [5.74, 6) is -0.702. The van der Waals surface area contributed by atoms with Crippen LogP contribution in [0.4, 0.5) is 5.69 Å². The average Bonchev–Trinajstić information content (AvgIpc) is 3.23. The normalized spacial score (nSPS) is 16.1.